The molecule has 0 spiro atoms. The minimum absolute atomic E-state index is 0.444. The third-order valence-electron chi connectivity index (χ3n) is 5.28. The quantitative estimate of drug-likeness (QED) is 0.479. The van der Waals surface area contributed by atoms with Gasteiger partial charge in [-0.15, -0.1) is 0 Å². The minimum atomic E-state index is 0.444. The van der Waals surface area contributed by atoms with E-state index in [9.17, 15) is 0 Å². The Morgan fingerprint density at radius 2 is 2.17 bits per heavy atom. The first-order valence-corrected chi connectivity index (χ1v) is 10.2. The number of H-pyrrole nitrogens is 1. The number of methoxy groups -OCH3 is 1. The van der Waals surface area contributed by atoms with Crippen molar-refractivity contribution in [2.24, 2.45) is 12.0 Å². The summed E-state index contributed by atoms with van der Waals surface area (Å²) in [7, 11) is 3.61. The van der Waals surface area contributed by atoms with Gasteiger partial charge in [0, 0.05) is 44.4 Å². The molecule has 1 atom stereocenters. The number of ether oxygens (including phenoxy) is 1. The molecule has 0 aliphatic carbocycles. The van der Waals surface area contributed by atoms with E-state index in [4.69, 9.17) is 9.73 Å². The van der Waals surface area contributed by atoms with Crippen molar-refractivity contribution in [3.05, 3.63) is 48.0 Å². The van der Waals surface area contributed by atoms with E-state index < -0.39 is 0 Å². The molecule has 1 unspecified atom stereocenters. The maximum Gasteiger partial charge on any atom is 0.194 e. The number of aliphatic imine (C=N–C) groups is 1. The van der Waals surface area contributed by atoms with Gasteiger partial charge in [0.15, 0.2) is 11.8 Å². The second-order valence-corrected chi connectivity index (χ2v) is 7.38. The molecular weight excluding hydrogens is 380 g/mol. The lowest BCUT2D eigenvalue weighted by Crippen LogP contribution is -2.40. The van der Waals surface area contributed by atoms with Crippen molar-refractivity contribution >= 4 is 5.96 Å². The van der Waals surface area contributed by atoms with Crippen LogP contribution in [0.25, 0.3) is 11.4 Å². The van der Waals surface area contributed by atoms with Crippen LogP contribution in [0.5, 0.6) is 5.75 Å². The fourth-order valence-electron chi connectivity index (χ4n) is 3.69. The first-order chi connectivity index (χ1) is 14.7. The molecule has 0 amide bonds. The molecule has 9 heteroatoms. The molecule has 0 radical (unpaired) electrons. The van der Waals surface area contributed by atoms with E-state index in [1.807, 2.05) is 42.2 Å². The van der Waals surface area contributed by atoms with Gasteiger partial charge in [-0.3, -0.25) is 9.78 Å². The summed E-state index contributed by atoms with van der Waals surface area (Å²) in [6.45, 7) is 5.25. The molecule has 1 aliphatic rings. The molecule has 3 aromatic rings. The van der Waals surface area contributed by atoms with Crippen molar-refractivity contribution in [3.8, 4) is 17.1 Å². The van der Waals surface area contributed by atoms with Crippen LogP contribution in [-0.2, 0) is 13.6 Å². The highest BCUT2D eigenvalue weighted by Crippen LogP contribution is 2.26. The molecule has 1 aliphatic heterocycles. The van der Waals surface area contributed by atoms with Gasteiger partial charge in [-0.25, -0.2) is 9.98 Å². The SMILES string of the molecule is CCNC(=NCc1nc(-c2ccc(OC)cc2)n[nH]1)N1CCC(c2cnn(C)c2)C1. The Hall–Kier alpha value is -3.36. The van der Waals surface area contributed by atoms with Gasteiger partial charge in [-0.1, -0.05) is 0 Å². The Kier molecular flexibility index (Phi) is 5.97. The Morgan fingerprint density at radius 1 is 1.33 bits per heavy atom. The largest absolute Gasteiger partial charge is 0.497 e. The van der Waals surface area contributed by atoms with Crippen LogP contribution in [0.2, 0.25) is 0 Å². The molecule has 3 heterocycles. The van der Waals surface area contributed by atoms with E-state index in [0.717, 1.165) is 49.2 Å². The van der Waals surface area contributed by atoms with E-state index in [2.05, 4.69) is 43.6 Å². The zero-order chi connectivity index (χ0) is 20.9. The first kappa shape index (κ1) is 19.9. The number of likely N-dealkylation sites (tertiary alicyclic amines) is 1. The van der Waals surface area contributed by atoms with Crippen LogP contribution in [0.1, 0.15) is 30.7 Å². The van der Waals surface area contributed by atoms with E-state index in [0.29, 0.717) is 18.3 Å². The summed E-state index contributed by atoms with van der Waals surface area (Å²) in [5.41, 5.74) is 2.23. The lowest BCUT2D eigenvalue weighted by molar-refractivity contribution is 0.415. The topological polar surface area (TPSA) is 96.2 Å². The highest BCUT2D eigenvalue weighted by Gasteiger charge is 2.27. The molecular formula is C21H28N8O. The minimum Gasteiger partial charge on any atom is -0.497 e. The summed E-state index contributed by atoms with van der Waals surface area (Å²) < 4.78 is 7.06. The van der Waals surface area contributed by atoms with E-state index in [1.165, 1.54) is 5.56 Å². The highest BCUT2D eigenvalue weighted by molar-refractivity contribution is 5.80. The second-order valence-electron chi connectivity index (χ2n) is 7.38. The predicted molar refractivity (Wildman–Crippen MR) is 115 cm³/mol. The molecule has 30 heavy (non-hydrogen) atoms. The monoisotopic (exact) mass is 408 g/mol. The van der Waals surface area contributed by atoms with Gasteiger partial charge >= 0.3 is 0 Å². The Bertz CT molecular complexity index is 991. The molecule has 1 aromatic carbocycles. The van der Waals surface area contributed by atoms with Crippen LogP contribution >= 0.6 is 0 Å². The normalized spacial score (nSPS) is 16.8. The number of benzene rings is 1. The zero-order valence-electron chi connectivity index (χ0n) is 17.7. The van der Waals surface area contributed by atoms with Crippen LogP contribution in [0.15, 0.2) is 41.7 Å². The summed E-state index contributed by atoms with van der Waals surface area (Å²) >= 11 is 0. The number of aromatic amines is 1. The van der Waals surface area contributed by atoms with Crippen LogP contribution in [-0.4, -0.2) is 62.6 Å². The van der Waals surface area contributed by atoms with Crippen LogP contribution < -0.4 is 10.1 Å². The van der Waals surface area contributed by atoms with E-state index in [-0.39, 0.29) is 0 Å². The van der Waals surface area contributed by atoms with Crippen molar-refractivity contribution in [1.29, 1.82) is 0 Å². The lowest BCUT2D eigenvalue weighted by atomic mass is 10.0. The van der Waals surface area contributed by atoms with Crippen molar-refractivity contribution in [2.75, 3.05) is 26.7 Å². The highest BCUT2D eigenvalue weighted by atomic mass is 16.5. The molecule has 0 saturated carbocycles. The Labute approximate surface area is 176 Å². The molecule has 0 bridgehead atoms. The van der Waals surface area contributed by atoms with Crippen LogP contribution in [0.4, 0.5) is 0 Å². The average Bonchev–Trinajstić information content (AvgIpc) is 3.52. The van der Waals surface area contributed by atoms with Crippen molar-refractivity contribution in [2.45, 2.75) is 25.8 Å². The number of nitrogens with one attached hydrogen (secondary N) is 2. The van der Waals surface area contributed by atoms with Gasteiger partial charge in [0.25, 0.3) is 0 Å². The van der Waals surface area contributed by atoms with E-state index in [1.54, 1.807) is 7.11 Å². The Balaban J connectivity index is 1.42. The summed E-state index contributed by atoms with van der Waals surface area (Å²) in [4.78, 5) is 11.7. The fraction of sp³-hybridized carbons (Fsp3) is 0.429. The number of hydrogen-bond acceptors (Lipinski definition) is 5. The summed E-state index contributed by atoms with van der Waals surface area (Å²) in [6.07, 6.45) is 5.17. The summed E-state index contributed by atoms with van der Waals surface area (Å²) in [5, 5.41) is 15.0. The van der Waals surface area contributed by atoms with Gasteiger partial charge in [-0.2, -0.15) is 10.2 Å². The van der Waals surface area contributed by atoms with Crippen molar-refractivity contribution in [1.82, 2.24) is 35.2 Å². The van der Waals surface area contributed by atoms with Crippen LogP contribution in [0.3, 0.4) is 0 Å². The first-order valence-electron chi connectivity index (χ1n) is 10.2. The zero-order valence-corrected chi connectivity index (χ0v) is 17.7. The van der Waals surface area contributed by atoms with Crippen molar-refractivity contribution in [3.63, 3.8) is 0 Å². The smallest absolute Gasteiger partial charge is 0.194 e. The number of nitrogens with zero attached hydrogens (tertiary/aromatic N) is 6. The Morgan fingerprint density at radius 3 is 2.87 bits per heavy atom. The molecule has 158 valence electrons. The number of aryl methyl sites for hydroxylation is 1. The van der Waals surface area contributed by atoms with Crippen LogP contribution in [0, 0.1) is 0 Å². The molecule has 2 aromatic heterocycles. The van der Waals surface area contributed by atoms with E-state index >= 15 is 0 Å². The fourth-order valence-corrected chi connectivity index (χ4v) is 3.69. The summed E-state index contributed by atoms with van der Waals surface area (Å²) in [6, 6.07) is 7.70. The number of rotatable bonds is 6. The molecule has 2 N–H and O–H groups in total. The maximum atomic E-state index is 5.20. The number of guanidine groups is 1. The molecule has 9 nitrogen and oxygen atoms in total. The lowest BCUT2D eigenvalue weighted by Gasteiger charge is -2.21. The third kappa shape index (κ3) is 4.45. The average molecular weight is 409 g/mol. The maximum absolute atomic E-state index is 5.20. The van der Waals surface area contributed by atoms with Gasteiger partial charge < -0.3 is 15.0 Å². The van der Waals surface area contributed by atoms with Gasteiger partial charge in [0.2, 0.25) is 0 Å². The summed E-state index contributed by atoms with van der Waals surface area (Å²) in [5.74, 6) is 3.59. The number of aromatic nitrogens is 5. The second kappa shape index (κ2) is 8.98. The molecule has 4 rings (SSSR count). The molecule has 1 fully saturated rings. The number of hydrogen-bond donors (Lipinski definition) is 2. The molecule has 1 saturated heterocycles. The standard InChI is InChI=1S/C21H28N8O/c1-4-22-21(29-10-9-16(14-29)17-11-24-28(2)13-17)23-12-19-25-20(27-26-19)15-5-7-18(30-3)8-6-15/h5-8,11,13,16H,4,9-10,12,14H2,1-3H3,(H,22,23)(H,25,26,27). The predicted octanol–water partition coefficient (Wildman–Crippen LogP) is 2.17. The van der Waals surface area contributed by atoms with Gasteiger partial charge in [-0.05, 0) is 43.2 Å². The van der Waals surface area contributed by atoms with Gasteiger partial charge in [0.1, 0.15) is 18.1 Å². The van der Waals surface area contributed by atoms with Gasteiger partial charge in [0.05, 0.1) is 13.3 Å². The third-order valence-corrected chi connectivity index (χ3v) is 5.28. The van der Waals surface area contributed by atoms with Crippen molar-refractivity contribution < 1.29 is 4.74 Å².